The maximum Gasteiger partial charge on any atom is 0.225 e. The Morgan fingerprint density at radius 2 is 1.81 bits per heavy atom. The van der Waals surface area contributed by atoms with Crippen molar-refractivity contribution in [2.24, 2.45) is 5.92 Å². The van der Waals surface area contributed by atoms with Crippen LogP contribution >= 0.6 is 0 Å². The Balaban J connectivity index is 1.50. The molecule has 1 saturated heterocycles. The second kappa shape index (κ2) is 10.8. The summed E-state index contributed by atoms with van der Waals surface area (Å²) >= 11 is 0. The summed E-state index contributed by atoms with van der Waals surface area (Å²) in [6, 6.07) is 13.7. The number of carbonyl (C=O) groups is 2. The maximum absolute atomic E-state index is 12.6. The maximum atomic E-state index is 12.6. The van der Waals surface area contributed by atoms with Crippen LogP contribution in [0.5, 0.6) is 11.5 Å². The third-order valence-electron chi connectivity index (χ3n) is 5.47. The van der Waals surface area contributed by atoms with E-state index in [4.69, 9.17) is 14.2 Å². The Hall–Kier alpha value is -3.06. The summed E-state index contributed by atoms with van der Waals surface area (Å²) in [7, 11) is 4.85. The van der Waals surface area contributed by atoms with Crippen molar-refractivity contribution in [1.29, 1.82) is 0 Å². The highest BCUT2D eigenvalue weighted by Crippen LogP contribution is 2.28. The predicted molar refractivity (Wildman–Crippen MR) is 117 cm³/mol. The van der Waals surface area contributed by atoms with Crippen LogP contribution < -0.4 is 14.8 Å². The van der Waals surface area contributed by atoms with E-state index in [0.29, 0.717) is 44.2 Å². The van der Waals surface area contributed by atoms with Gasteiger partial charge in [0.1, 0.15) is 0 Å². The van der Waals surface area contributed by atoms with Gasteiger partial charge in [-0.05, 0) is 35.2 Å². The van der Waals surface area contributed by atoms with Crippen molar-refractivity contribution in [3.63, 3.8) is 0 Å². The van der Waals surface area contributed by atoms with Crippen molar-refractivity contribution in [2.75, 3.05) is 34.4 Å². The molecule has 1 heterocycles. The topological polar surface area (TPSA) is 77.1 Å². The molecule has 31 heavy (non-hydrogen) atoms. The largest absolute Gasteiger partial charge is 0.493 e. The van der Waals surface area contributed by atoms with Crippen molar-refractivity contribution in [3.8, 4) is 11.5 Å². The second-order valence-corrected chi connectivity index (χ2v) is 7.65. The van der Waals surface area contributed by atoms with Gasteiger partial charge in [0.05, 0.1) is 26.7 Å². The second-order valence-electron chi connectivity index (χ2n) is 7.65. The number of methoxy groups -OCH3 is 3. The average Bonchev–Trinajstić information content (AvgIpc) is 3.17. The van der Waals surface area contributed by atoms with Gasteiger partial charge in [-0.2, -0.15) is 0 Å². The van der Waals surface area contributed by atoms with Crippen LogP contribution in [-0.2, 0) is 33.9 Å². The third kappa shape index (κ3) is 5.98. The number of likely N-dealkylation sites (tertiary alicyclic amines) is 1. The van der Waals surface area contributed by atoms with E-state index in [-0.39, 0.29) is 24.2 Å². The lowest BCUT2D eigenvalue weighted by Gasteiger charge is -2.17. The molecule has 7 nitrogen and oxygen atoms in total. The highest BCUT2D eigenvalue weighted by Gasteiger charge is 2.33. The van der Waals surface area contributed by atoms with Gasteiger partial charge in [0.25, 0.3) is 0 Å². The summed E-state index contributed by atoms with van der Waals surface area (Å²) in [5, 5.41) is 2.96. The van der Waals surface area contributed by atoms with Gasteiger partial charge in [-0.3, -0.25) is 9.59 Å². The summed E-state index contributed by atoms with van der Waals surface area (Å²) in [5.41, 5.74) is 3.12. The standard InChI is InChI=1S/C24H30N2O5/c1-29-16-19-6-4-5-18(11-19)14-25-24(28)20-13-23(27)26(15-20)10-9-17-7-8-21(30-2)22(12-17)31-3/h4-8,11-12,20H,9-10,13-16H2,1-3H3,(H,25,28)/t20-/m1/s1. The lowest BCUT2D eigenvalue weighted by atomic mass is 10.1. The number of hydrogen-bond donors (Lipinski definition) is 1. The molecule has 1 atom stereocenters. The van der Waals surface area contributed by atoms with Crippen LogP contribution in [0.4, 0.5) is 0 Å². The minimum absolute atomic E-state index is 0.0164. The van der Waals surface area contributed by atoms with Crippen molar-refractivity contribution in [3.05, 3.63) is 59.2 Å². The van der Waals surface area contributed by atoms with E-state index in [1.807, 2.05) is 42.5 Å². The minimum atomic E-state index is -0.319. The molecule has 0 spiro atoms. The van der Waals surface area contributed by atoms with Crippen LogP contribution in [0.25, 0.3) is 0 Å². The molecule has 2 aromatic rings. The lowest BCUT2D eigenvalue weighted by Crippen LogP contribution is -2.33. The molecule has 7 heteroatoms. The zero-order chi connectivity index (χ0) is 22.2. The van der Waals surface area contributed by atoms with Gasteiger partial charge in [0.15, 0.2) is 11.5 Å². The average molecular weight is 427 g/mol. The van der Waals surface area contributed by atoms with Crippen LogP contribution in [0.3, 0.4) is 0 Å². The van der Waals surface area contributed by atoms with E-state index in [1.54, 1.807) is 26.2 Å². The van der Waals surface area contributed by atoms with Crippen LogP contribution in [0, 0.1) is 5.92 Å². The quantitative estimate of drug-likeness (QED) is 0.632. The van der Waals surface area contributed by atoms with Gasteiger partial charge >= 0.3 is 0 Å². The Morgan fingerprint density at radius 1 is 1.03 bits per heavy atom. The molecule has 1 aliphatic heterocycles. The van der Waals surface area contributed by atoms with Gasteiger partial charge in [-0.25, -0.2) is 0 Å². The first-order valence-corrected chi connectivity index (χ1v) is 10.4. The molecule has 0 unspecified atom stereocenters. The summed E-state index contributed by atoms with van der Waals surface area (Å²) in [6.45, 7) is 1.99. The van der Waals surface area contributed by atoms with Gasteiger partial charge < -0.3 is 24.4 Å². The van der Waals surface area contributed by atoms with E-state index in [9.17, 15) is 9.59 Å². The fourth-order valence-electron chi connectivity index (χ4n) is 3.79. The van der Waals surface area contributed by atoms with Crippen LogP contribution in [0.15, 0.2) is 42.5 Å². The van der Waals surface area contributed by atoms with Crippen LogP contribution in [0.2, 0.25) is 0 Å². The first-order chi connectivity index (χ1) is 15.0. The zero-order valence-corrected chi connectivity index (χ0v) is 18.3. The number of amides is 2. The highest BCUT2D eigenvalue weighted by atomic mass is 16.5. The summed E-state index contributed by atoms with van der Waals surface area (Å²) in [5.74, 6) is 0.953. The number of hydrogen-bond acceptors (Lipinski definition) is 5. The van der Waals surface area contributed by atoms with Crippen molar-refractivity contribution in [2.45, 2.75) is 26.0 Å². The van der Waals surface area contributed by atoms with E-state index >= 15 is 0 Å². The van der Waals surface area contributed by atoms with E-state index in [0.717, 1.165) is 16.7 Å². The predicted octanol–water partition coefficient (Wildman–Crippen LogP) is 2.56. The van der Waals surface area contributed by atoms with Crippen LogP contribution in [0.1, 0.15) is 23.1 Å². The van der Waals surface area contributed by atoms with Crippen molar-refractivity contribution >= 4 is 11.8 Å². The molecular formula is C24H30N2O5. The smallest absolute Gasteiger partial charge is 0.225 e. The molecule has 166 valence electrons. The minimum Gasteiger partial charge on any atom is -0.493 e. The number of carbonyl (C=O) groups excluding carboxylic acids is 2. The molecule has 0 saturated carbocycles. The fraction of sp³-hybridized carbons (Fsp3) is 0.417. The van der Waals surface area contributed by atoms with E-state index in [2.05, 4.69) is 5.32 Å². The Morgan fingerprint density at radius 3 is 2.55 bits per heavy atom. The van der Waals surface area contributed by atoms with Crippen molar-refractivity contribution in [1.82, 2.24) is 10.2 Å². The third-order valence-corrected chi connectivity index (χ3v) is 5.47. The van der Waals surface area contributed by atoms with Gasteiger partial charge in [-0.15, -0.1) is 0 Å². The number of nitrogens with one attached hydrogen (secondary N) is 1. The number of ether oxygens (including phenoxy) is 3. The molecular weight excluding hydrogens is 396 g/mol. The molecule has 3 rings (SSSR count). The molecule has 1 fully saturated rings. The van der Waals surface area contributed by atoms with Gasteiger partial charge in [0, 0.05) is 33.2 Å². The summed E-state index contributed by atoms with van der Waals surface area (Å²) in [6.07, 6.45) is 0.939. The molecule has 2 amide bonds. The van der Waals surface area contributed by atoms with Crippen molar-refractivity contribution < 1.29 is 23.8 Å². The van der Waals surface area contributed by atoms with E-state index in [1.165, 1.54) is 0 Å². The van der Waals surface area contributed by atoms with Crippen LogP contribution in [-0.4, -0.2) is 51.1 Å². The first-order valence-electron chi connectivity index (χ1n) is 10.4. The SMILES string of the molecule is COCc1cccc(CNC(=O)[C@@H]2CC(=O)N(CCc3ccc(OC)c(OC)c3)C2)c1. The molecule has 1 N–H and O–H groups in total. The molecule has 0 radical (unpaired) electrons. The fourth-order valence-corrected chi connectivity index (χ4v) is 3.79. The number of nitrogens with zero attached hydrogens (tertiary/aromatic N) is 1. The number of rotatable bonds is 10. The first kappa shape index (κ1) is 22.6. The van der Waals surface area contributed by atoms with E-state index < -0.39 is 0 Å². The molecule has 2 aromatic carbocycles. The lowest BCUT2D eigenvalue weighted by molar-refractivity contribution is -0.129. The zero-order valence-electron chi connectivity index (χ0n) is 18.3. The monoisotopic (exact) mass is 426 g/mol. The molecule has 0 aromatic heterocycles. The normalized spacial score (nSPS) is 15.8. The highest BCUT2D eigenvalue weighted by molar-refractivity contribution is 5.89. The summed E-state index contributed by atoms with van der Waals surface area (Å²) in [4.78, 5) is 26.8. The Kier molecular flexibility index (Phi) is 7.89. The molecule has 0 bridgehead atoms. The molecule has 0 aliphatic carbocycles. The number of benzene rings is 2. The Bertz CT molecular complexity index is 915. The van der Waals surface area contributed by atoms with Gasteiger partial charge in [-0.1, -0.05) is 30.3 Å². The van der Waals surface area contributed by atoms with Gasteiger partial charge in [0.2, 0.25) is 11.8 Å². The molecule has 1 aliphatic rings. The Labute approximate surface area is 183 Å². The summed E-state index contributed by atoms with van der Waals surface area (Å²) < 4.78 is 15.7.